The van der Waals surface area contributed by atoms with Gasteiger partial charge in [0.05, 0.1) is 0 Å². The van der Waals surface area contributed by atoms with Crippen molar-refractivity contribution in [3.8, 4) is 5.75 Å². The summed E-state index contributed by atoms with van der Waals surface area (Å²) in [5.41, 5.74) is 0.705. The van der Waals surface area contributed by atoms with Crippen LogP contribution in [0.3, 0.4) is 0 Å². The standard InChI is InChI=1S/C12H14ClNO2/c1-2-8-16-11-5-3-4-10(9-11)14-12(15)6-7-13/h2-5,9H,1,6-8H2,(H,14,15). The molecule has 0 saturated heterocycles. The van der Waals surface area contributed by atoms with Crippen LogP contribution >= 0.6 is 11.6 Å². The van der Waals surface area contributed by atoms with Crippen LogP contribution in [0.4, 0.5) is 5.69 Å². The van der Waals surface area contributed by atoms with Gasteiger partial charge in [-0.05, 0) is 12.1 Å². The molecule has 1 N–H and O–H groups in total. The average Bonchev–Trinajstić information content (AvgIpc) is 2.27. The Morgan fingerprint density at radius 2 is 2.38 bits per heavy atom. The van der Waals surface area contributed by atoms with Gasteiger partial charge in [0.1, 0.15) is 12.4 Å². The molecule has 3 nitrogen and oxygen atoms in total. The number of carbonyl (C=O) groups is 1. The van der Waals surface area contributed by atoms with Crippen molar-refractivity contribution in [1.29, 1.82) is 0 Å². The number of halogens is 1. The first-order chi connectivity index (χ1) is 7.76. The van der Waals surface area contributed by atoms with Crippen LogP contribution in [-0.2, 0) is 4.79 Å². The maximum atomic E-state index is 11.3. The lowest BCUT2D eigenvalue weighted by molar-refractivity contribution is -0.115. The summed E-state index contributed by atoms with van der Waals surface area (Å²) in [5.74, 6) is 0.915. The van der Waals surface area contributed by atoms with Crippen molar-refractivity contribution in [3.05, 3.63) is 36.9 Å². The minimum Gasteiger partial charge on any atom is -0.489 e. The smallest absolute Gasteiger partial charge is 0.225 e. The normalized spacial score (nSPS) is 9.56. The van der Waals surface area contributed by atoms with Gasteiger partial charge >= 0.3 is 0 Å². The largest absolute Gasteiger partial charge is 0.489 e. The van der Waals surface area contributed by atoms with Gasteiger partial charge in [0.15, 0.2) is 0 Å². The first-order valence-electron chi connectivity index (χ1n) is 4.96. The molecule has 0 unspecified atom stereocenters. The first kappa shape index (κ1) is 12.6. The molecule has 0 spiro atoms. The summed E-state index contributed by atoms with van der Waals surface area (Å²) in [7, 11) is 0. The van der Waals surface area contributed by atoms with Gasteiger partial charge in [-0.15, -0.1) is 11.6 Å². The second-order valence-corrected chi connectivity index (χ2v) is 3.49. The SMILES string of the molecule is C=CCOc1cccc(NC(=O)CCCl)c1. The van der Waals surface area contributed by atoms with E-state index in [0.717, 1.165) is 0 Å². The van der Waals surface area contributed by atoms with Crippen molar-refractivity contribution in [3.63, 3.8) is 0 Å². The van der Waals surface area contributed by atoms with Crippen molar-refractivity contribution in [2.75, 3.05) is 17.8 Å². The first-order valence-corrected chi connectivity index (χ1v) is 5.49. The molecule has 4 heteroatoms. The molecule has 16 heavy (non-hydrogen) atoms. The molecule has 0 aliphatic rings. The molecule has 0 heterocycles. The Morgan fingerprint density at radius 3 is 3.06 bits per heavy atom. The van der Waals surface area contributed by atoms with Gasteiger partial charge in [-0.3, -0.25) is 4.79 Å². The fourth-order valence-corrected chi connectivity index (χ4v) is 1.30. The summed E-state index contributed by atoms with van der Waals surface area (Å²) >= 11 is 5.47. The van der Waals surface area contributed by atoms with E-state index in [1.807, 2.05) is 12.1 Å². The van der Waals surface area contributed by atoms with Crippen molar-refractivity contribution in [2.45, 2.75) is 6.42 Å². The number of ether oxygens (including phenoxy) is 1. The maximum Gasteiger partial charge on any atom is 0.225 e. The van der Waals surface area contributed by atoms with Gasteiger partial charge in [-0.1, -0.05) is 18.7 Å². The Balaban J connectivity index is 2.59. The predicted molar refractivity (Wildman–Crippen MR) is 66.1 cm³/mol. The Labute approximate surface area is 100 Å². The van der Waals surface area contributed by atoms with Crippen molar-refractivity contribution < 1.29 is 9.53 Å². The zero-order chi connectivity index (χ0) is 11.8. The number of hydrogen-bond acceptors (Lipinski definition) is 2. The highest BCUT2D eigenvalue weighted by molar-refractivity contribution is 6.19. The number of benzene rings is 1. The van der Waals surface area contributed by atoms with E-state index < -0.39 is 0 Å². The van der Waals surface area contributed by atoms with Crippen molar-refractivity contribution in [1.82, 2.24) is 0 Å². The second kappa shape index (κ2) is 6.90. The van der Waals surface area contributed by atoms with E-state index in [1.165, 1.54) is 0 Å². The summed E-state index contributed by atoms with van der Waals surface area (Å²) < 4.78 is 5.34. The average molecular weight is 240 g/mol. The Kier molecular flexibility index (Phi) is 5.43. The fourth-order valence-electron chi connectivity index (χ4n) is 1.13. The zero-order valence-corrected chi connectivity index (χ0v) is 9.67. The Bertz CT molecular complexity index is 366. The van der Waals surface area contributed by atoms with Crippen molar-refractivity contribution >= 4 is 23.2 Å². The molecule has 1 aromatic rings. The molecular formula is C12H14ClNO2. The summed E-state index contributed by atoms with van der Waals surface area (Å²) in [6.07, 6.45) is 1.97. The number of alkyl halides is 1. The molecule has 1 aromatic carbocycles. The van der Waals surface area contributed by atoms with Gasteiger partial charge in [0, 0.05) is 24.1 Å². The minimum absolute atomic E-state index is 0.101. The van der Waals surface area contributed by atoms with E-state index >= 15 is 0 Å². The molecule has 0 aliphatic carbocycles. The molecule has 0 atom stereocenters. The predicted octanol–water partition coefficient (Wildman–Crippen LogP) is 2.82. The lowest BCUT2D eigenvalue weighted by atomic mass is 10.3. The fraction of sp³-hybridized carbons (Fsp3) is 0.250. The quantitative estimate of drug-likeness (QED) is 0.612. The third-order valence-corrected chi connectivity index (χ3v) is 2.00. The van der Waals surface area contributed by atoms with Crippen LogP contribution in [0.5, 0.6) is 5.75 Å². The van der Waals surface area contributed by atoms with Gasteiger partial charge in [-0.2, -0.15) is 0 Å². The van der Waals surface area contributed by atoms with Crippen LogP contribution in [0.25, 0.3) is 0 Å². The van der Waals surface area contributed by atoms with E-state index in [4.69, 9.17) is 16.3 Å². The van der Waals surface area contributed by atoms with E-state index in [0.29, 0.717) is 30.3 Å². The van der Waals surface area contributed by atoms with Crippen LogP contribution < -0.4 is 10.1 Å². The number of rotatable bonds is 6. The minimum atomic E-state index is -0.101. The number of anilines is 1. The molecule has 0 aliphatic heterocycles. The van der Waals surface area contributed by atoms with E-state index in [9.17, 15) is 4.79 Å². The van der Waals surface area contributed by atoms with Gasteiger partial charge in [0.2, 0.25) is 5.91 Å². The molecule has 0 bridgehead atoms. The third-order valence-electron chi connectivity index (χ3n) is 1.81. The number of nitrogens with one attached hydrogen (secondary N) is 1. The highest BCUT2D eigenvalue weighted by Gasteiger charge is 2.01. The van der Waals surface area contributed by atoms with Crippen LogP contribution in [0.2, 0.25) is 0 Å². The zero-order valence-electron chi connectivity index (χ0n) is 8.91. The molecule has 0 radical (unpaired) electrons. The number of hydrogen-bond donors (Lipinski definition) is 1. The van der Waals surface area contributed by atoms with Gasteiger partial charge in [-0.25, -0.2) is 0 Å². The molecule has 86 valence electrons. The highest BCUT2D eigenvalue weighted by atomic mass is 35.5. The number of carbonyl (C=O) groups excluding carboxylic acids is 1. The van der Waals surface area contributed by atoms with Crippen molar-refractivity contribution in [2.24, 2.45) is 0 Å². The molecule has 0 fully saturated rings. The molecule has 1 amide bonds. The van der Waals surface area contributed by atoms with Gasteiger partial charge < -0.3 is 10.1 Å². The molecule has 0 aromatic heterocycles. The topological polar surface area (TPSA) is 38.3 Å². The van der Waals surface area contributed by atoms with Crippen LogP contribution in [0.1, 0.15) is 6.42 Å². The molecule has 0 saturated carbocycles. The molecule has 1 rings (SSSR count). The summed E-state index contributed by atoms with van der Waals surface area (Å²) in [6, 6.07) is 7.19. The van der Waals surface area contributed by atoms with Gasteiger partial charge in [0.25, 0.3) is 0 Å². The summed E-state index contributed by atoms with van der Waals surface area (Å²) in [4.78, 5) is 11.3. The molecular weight excluding hydrogens is 226 g/mol. The second-order valence-electron chi connectivity index (χ2n) is 3.11. The van der Waals surface area contributed by atoms with E-state index in [1.54, 1.807) is 18.2 Å². The number of amides is 1. The van der Waals surface area contributed by atoms with Crippen LogP contribution in [0.15, 0.2) is 36.9 Å². The third kappa shape index (κ3) is 4.36. The Morgan fingerprint density at radius 1 is 1.56 bits per heavy atom. The van der Waals surface area contributed by atoms with E-state index in [-0.39, 0.29) is 5.91 Å². The summed E-state index contributed by atoms with van der Waals surface area (Å²) in [6.45, 7) is 4.01. The highest BCUT2D eigenvalue weighted by Crippen LogP contribution is 2.17. The maximum absolute atomic E-state index is 11.3. The monoisotopic (exact) mass is 239 g/mol. The Hall–Kier alpha value is -1.48. The lowest BCUT2D eigenvalue weighted by Gasteiger charge is -2.07. The summed E-state index contributed by atoms with van der Waals surface area (Å²) in [5, 5.41) is 2.73. The van der Waals surface area contributed by atoms with E-state index in [2.05, 4.69) is 11.9 Å². The van der Waals surface area contributed by atoms with Crippen LogP contribution in [-0.4, -0.2) is 18.4 Å². The van der Waals surface area contributed by atoms with Crippen LogP contribution in [0, 0.1) is 0 Å². The lowest BCUT2D eigenvalue weighted by Crippen LogP contribution is -2.11.